The SMILES string of the molecule is CN1CCC[C@H]1COc1nc(N2CC3CCC(C2)N3C(=O)Cn2ccnc2)c2ccc(-c3cc(O)cc4ccccc34)c(F)c2n1. The number of halogens is 1. The normalized spacial score (nSPS) is 21.5. The number of aromatic nitrogens is 4. The maximum Gasteiger partial charge on any atom is 0.319 e. The van der Waals surface area contributed by atoms with Crippen molar-refractivity contribution in [2.24, 2.45) is 0 Å². The van der Waals surface area contributed by atoms with E-state index >= 15 is 4.39 Å². The number of carbonyl (C=O) groups excluding carboxylic acids is 1. The number of likely N-dealkylation sites (tertiary alicyclic amines) is 1. The van der Waals surface area contributed by atoms with Crippen LogP contribution in [-0.4, -0.2) is 91.7 Å². The van der Waals surface area contributed by atoms with Crippen molar-refractivity contribution in [3.63, 3.8) is 0 Å². The number of hydrogen-bond acceptors (Lipinski definition) is 8. The first kappa shape index (κ1) is 28.7. The predicted octanol–water partition coefficient (Wildman–Crippen LogP) is 4.84. The molecule has 2 bridgehead atoms. The highest BCUT2D eigenvalue weighted by molar-refractivity contribution is 6.01. The highest BCUT2D eigenvalue weighted by Gasteiger charge is 2.43. The van der Waals surface area contributed by atoms with E-state index in [0.717, 1.165) is 43.0 Å². The minimum Gasteiger partial charge on any atom is -0.508 e. The molecule has 11 heteroatoms. The van der Waals surface area contributed by atoms with Crippen molar-refractivity contribution in [2.75, 3.05) is 38.2 Å². The largest absolute Gasteiger partial charge is 0.508 e. The molecule has 3 fully saturated rings. The lowest BCUT2D eigenvalue weighted by atomic mass is 9.96. The van der Waals surface area contributed by atoms with Crippen LogP contribution < -0.4 is 9.64 Å². The number of anilines is 1. The van der Waals surface area contributed by atoms with Gasteiger partial charge in [-0.3, -0.25) is 4.79 Å². The zero-order valence-corrected chi connectivity index (χ0v) is 25.7. The van der Waals surface area contributed by atoms with Crippen LogP contribution in [0, 0.1) is 5.82 Å². The van der Waals surface area contributed by atoms with Gasteiger partial charge >= 0.3 is 6.01 Å². The maximum atomic E-state index is 16.7. The van der Waals surface area contributed by atoms with Gasteiger partial charge in [-0.05, 0) is 73.8 Å². The monoisotopic (exact) mass is 621 g/mol. The van der Waals surface area contributed by atoms with E-state index in [9.17, 15) is 9.90 Å². The molecule has 8 rings (SSSR count). The van der Waals surface area contributed by atoms with Crippen molar-refractivity contribution in [1.29, 1.82) is 0 Å². The van der Waals surface area contributed by atoms with Gasteiger partial charge in [-0.2, -0.15) is 9.97 Å². The summed E-state index contributed by atoms with van der Waals surface area (Å²) in [6.07, 6.45) is 9.08. The van der Waals surface area contributed by atoms with Gasteiger partial charge in [0.05, 0.1) is 6.33 Å². The van der Waals surface area contributed by atoms with Crippen molar-refractivity contribution in [3.05, 3.63) is 73.1 Å². The van der Waals surface area contributed by atoms with Crippen molar-refractivity contribution in [2.45, 2.75) is 50.4 Å². The second-order valence-corrected chi connectivity index (χ2v) is 12.8. The minimum absolute atomic E-state index is 0.0269. The standard InChI is InChI=1S/C35H36FN7O3/c1-40-13-4-6-25(40)20-46-35-38-33-29(11-10-28(32(33)36)30-16-26(44)15-22-5-2-3-7-27(22)30)34(39-35)42-17-23-8-9-24(18-42)43(23)31(45)19-41-14-12-37-21-41/h2-3,5,7,10-12,14-16,21,23-25,44H,4,6,8-9,13,17-20H2,1H3/t23?,24?,25-/m0/s1. The quantitative estimate of drug-likeness (QED) is 0.276. The summed E-state index contributed by atoms with van der Waals surface area (Å²) in [5.74, 6) is 0.273. The topological polar surface area (TPSA) is 99.9 Å². The van der Waals surface area contributed by atoms with E-state index < -0.39 is 5.82 Å². The molecule has 2 unspecified atom stereocenters. The molecule has 0 saturated carbocycles. The van der Waals surface area contributed by atoms with Gasteiger partial charge in [0.25, 0.3) is 0 Å². The molecule has 2 aromatic heterocycles. The fourth-order valence-electron chi connectivity index (χ4n) is 7.62. The Morgan fingerprint density at radius 3 is 2.61 bits per heavy atom. The van der Waals surface area contributed by atoms with E-state index in [1.54, 1.807) is 41.5 Å². The smallest absolute Gasteiger partial charge is 0.319 e. The van der Waals surface area contributed by atoms with Crippen molar-refractivity contribution >= 4 is 33.4 Å². The molecule has 1 N–H and O–H groups in total. The molecule has 3 atom stereocenters. The number of phenols is 1. The van der Waals surface area contributed by atoms with Crippen molar-refractivity contribution in [3.8, 4) is 22.9 Å². The number of rotatable bonds is 7. The molecule has 5 aromatic rings. The molecule has 5 heterocycles. The molecule has 0 aliphatic carbocycles. The van der Waals surface area contributed by atoms with Crippen LogP contribution in [0.25, 0.3) is 32.8 Å². The predicted molar refractivity (Wildman–Crippen MR) is 173 cm³/mol. The molecule has 0 radical (unpaired) electrons. The van der Waals surface area contributed by atoms with Crippen LogP contribution in [0.1, 0.15) is 25.7 Å². The maximum absolute atomic E-state index is 16.7. The molecule has 236 valence electrons. The summed E-state index contributed by atoms with van der Waals surface area (Å²) < 4.78 is 24.8. The summed E-state index contributed by atoms with van der Waals surface area (Å²) in [7, 11) is 2.09. The van der Waals surface area contributed by atoms with Gasteiger partial charge in [0, 0.05) is 54.6 Å². The molecule has 3 aliphatic rings. The Labute approximate surface area is 266 Å². The van der Waals surface area contributed by atoms with Crippen LogP contribution in [0.5, 0.6) is 11.8 Å². The third-order valence-electron chi connectivity index (χ3n) is 9.93. The average molecular weight is 622 g/mol. The summed E-state index contributed by atoms with van der Waals surface area (Å²) >= 11 is 0. The molecular formula is C35H36FN7O3. The Morgan fingerprint density at radius 1 is 1.02 bits per heavy atom. The number of imidazole rings is 1. The van der Waals surface area contributed by atoms with Crippen LogP contribution in [0.15, 0.2) is 67.3 Å². The molecular weight excluding hydrogens is 585 g/mol. The van der Waals surface area contributed by atoms with Gasteiger partial charge in [-0.1, -0.05) is 30.3 Å². The van der Waals surface area contributed by atoms with Gasteiger partial charge < -0.3 is 29.1 Å². The Morgan fingerprint density at radius 2 is 1.85 bits per heavy atom. The summed E-state index contributed by atoms with van der Waals surface area (Å²) in [6.45, 7) is 2.87. The number of piperazine rings is 1. The number of benzene rings is 3. The lowest BCUT2D eigenvalue weighted by Crippen LogP contribution is -2.56. The summed E-state index contributed by atoms with van der Waals surface area (Å²) in [6, 6.07) is 15.0. The zero-order valence-electron chi connectivity index (χ0n) is 25.7. The van der Waals surface area contributed by atoms with E-state index in [4.69, 9.17) is 9.72 Å². The van der Waals surface area contributed by atoms with Crippen LogP contribution in [0.3, 0.4) is 0 Å². The Kier molecular flexibility index (Phi) is 7.20. The third-order valence-corrected chi connectivity index (χ3v) is 9.93. The first-order chi connectivity index (χ1) is 22.4. The van der Waals surface area contributed by atoms with Crippen LogP contribution in [-0.2, 0) is 11.3 Å². The number of hydrogen-bond donors (Lipinski definition) is 1. The summed E-state index contributed by atoms with van der Waals surface area (Å²) in [4.78, 5) is 33.4. The number of likely N-dealkylation sites (N-methyl/N-ethyl adjacent to an activating group) is 1. The van der Waals surface area contributed by atoms with E-state index in [2.05, 4.69) is 26.8 Å². The van der Waals surface area contributed by atoms with E-state index in [-0.39, 0.29) is 47.9 Å². The van der Waals surface area contributed by atoms with E-state index in [1.807, 2.05) is 35.2 Å². The van der Waals surface area contributed by atoms with Gasteiger partial charge in [0.15, 0.2) is 5.82 Å². The Balaban J connectivity index is 1.18. The molecule has 46 heavy (non-hydrogen) atoms. The number of aromatic hydroxyl groups is 1. The average Bonchev–Trinajstić information content (AvgIpc) is 3.79. The minimum atomic E-state index is -0.489. The van der Waals surface area contributed by atoms with Gasteiger partial charge in [0.2, 0.25) is 5.91 Å². The molecule has 3 saturated heterocycles. The summed E-state index contributed by atoms with van der Waals surface area (Å²) in [5, 5.41) is 12.8. The van der Waals surface area contributed by atoms with Gasteiger partial charge in [-0.15, -0.1) is 0 Å². The molecule has 3 aliphatic heterocycles. The lowest BCUT2D eigenvalue weighted by molar-refractivity contribution is -0.135. The highest BCUT2D eigenvalue weighted by Crippen LogP contribution is 2.40. The lowest BCUT2D eigenvalue weighted by Gasteiger charge is -2.42. The van der Waals surface area contributed by atoms with Crippen LogP contribution in [0.2, 0.25) is 0 Å². The second-order valence-electron chi connectivity index (χ2n) is 12.8. The molecule has 10 nitrogen and oxygen atoms in total. The van der Waals surface area contributed by atoms with Crippen molar-refractivity contribution < 1.29 is 19.0 Å². The fourth-order valence-corrected chi connectivity index (χ4v) is 7.62. The number of fused-ring (bicyclic) bond motifs is 4. The third kappa shape index (κ3) is 5.08. The first-order valence-corrected chi connectivity index (χ1v) is 16.0. The van der Waals surface area contributed by atoms with Gasteiger partial charge in [-0.25, -0.2) is 9.37 Å². The fraction of sp³-hybridized carbons (Fsp3) is 0.371. The van der Waals surface area contributed by atoms with Crippen LogP contribution >= 0.6 is 0 Å². The van der Waals surface area contributed by atoms with Crippen molar-refractivity contribution in [1.82, 2.24) is 29.3 Å². The number of phenolic OH excluding ortho intramolecular Hbond substituents is 1. The number of amides is 1. The molecule has 3 aromatic carbocycles. The second kappa shape index (κ2) is 11.5. The Bertz CT molecular complexity index is 1920. The van der Waals surface area contributed by atoms with E-state index in [1.165, 1.54) is 0 Å². The summed E-state index contributed by atoms with van der Waals surface area (Å²) in [5.41, 5.74) is 1.12. The number of nitrogens with zero attached hydrogens (tertiary/aromatic N) is 7. The number of carbonyl (C=O) groups is 1. The number of ether oxygens (including phenoxy) is 1. The zero-order chi connectivity index (χ0) is 31.4. The first-order valence-electron chi connectivity index (χ1n) is 16.0. The van der Waals surface area contributed by atoms with Gasteiger partial charge in [0.1, 0.15) is 30.2 Å². The van der Waals surface area contributed by atoms with Crippen LogP contribution in [0.4, 0.5) is 10.2 Å². The molecule has 1 amide bonds. The highest BCUT2D eigenvalue weighted by atomic mass is 19.1. The molecule has 0 spiro atoms. The Hall–Kier alpha value is -4.77. The van der Waals surface area contributed by atoms with E-state index in [0.29, 0.717) is 42.0 Å².